The summed E-state index contributed by atoms with van der Waals surface area (Å²) in [6.45, 7) is -0.322. The average Bonchev–Trinajstić information content (AvgIpc) is 2.68. The molecule has 1 amide bonds. The number of carbonyl (C=O) groups is 1. The van der Waals surface area contributed by atoms with Crippen molar-refractivity contribution in [2.24, 2.45) is 4.99 Å². The standard InChI is InChI=1S/C21H15ClF2N2O2/c22-17-11-14(12-25-16-8-6-15(23)7-9-16)5-10-20(17)28-13-21(27)26-19-4-2-1-3-18(19)24/h1-12H,13H2,(H,26,27). The Balaban J connectivity index is 1.58. The molecule has 0 atom stereocenters. The summed E-state index contributed by atoms with van der Waals surface area (Å²) in [6, 6.07) is 16.5. The van der Waals surface area contributed by atoms with Crippen molar-refractivity contribution in [1.82, 2.24) is 0 Å². The van der Waals surface area contributed by atoms with Crippen LogP contribution in [-0.2, 0) is 4.79 Å². The van der Waals surface area contributed by atoms with Gasteiger partial charge in [0.25, 0.3) is 5.91 Å². The minimum Gasteiger partial charge on any atom is -0.482 e. The van der Waals surface area contributed by atoms with Crippen LogP contribution < -0.4 is 10.1 Å². The number of anilines is 1. The number of nitrogens with one attached hydrogen (secondary N) is 1. The van der Waals surface area contributed by atoms with Gasteiger partial charge in [-0.2, -0.15) is 0 Å². The first-order valence-corrected chi connectivity index (χ1v) is 8.65. The maximum absolute atomic E-state index is 13.5. The van der Waals surface area contributed by atoms with Crippen LogP contribution in [0.3, 0.4) is 0 Å². The molecular weight excluding hydrogens is 386 g/mol. The van der Waals surface area contributed by atoms with Crippen LogP contribution in [0.4, 0.5) is 20.2 Å². The summed E-state index contributed by atoms with van der Waals surface area (Å²) in [6.07, 6.45) is 1.58. The fourth-order valence-electron chi connectivity index (χ4n) is 2.28. The zero-order chi connectivity index (χ0) is 19.9. The van der Waals surface area contributed by atoms with Gasteiger partial charge in [-0.25, -0.2) is 8.78 Å². The topological polar surface area (TPSA) is 50.7 Å². The van der Waals surface area contributed by atoms with Gasteiger partial charge in [0, 0.05) is 6.21 Å². The Bertz CT molecular complexity index is 1010. The van der Waals surface area contributed by atoms with Crippen LogP contribution >= 0.6 is 11.6 Å². The van der Waals surface area contributed by atoms with Crippen LogP contribution in [0.5, 0.6) is 5.75 Å². The second-order valence-electron chi connectivity index (χ2n) is 5.74. The molecule has 1 N–H and O–H groups in total. The summed E-state index contributed by atoms with van der Waals surface area (Å²) in [7, 11) is 0. The maximum Gasteiger partial charge on any atom is 0.262 e. The lowest BCUT2D eigenvalue weighted by atomic mass is 10.2. The molecule has 0 fully saturated rings. The van der Waals surface area contributed by atoms with Gasteiger partial charge in [0.1, 0.15) is 17.4 Å². The summed E-state index contributed by atoms with van der Waals surface area (Å²) in [5.41, 5.74) is 1.38. The molecule has 7 heteroatoms. The van der Waals surface area contributed by atoms with Gasteiger partial charge in [0.2, 0.25) is 0 Å². The largest absolute Gasteiger partial charge is 0.482 e. The number of aliphatic imine (C=N–C) groups is 1. The summed E-state index contributed by atoms with van der Waals surface area (Å²) in [5, 5.41) is 2.72. The molecule has 0 heterocycles. The van der Waals surface area contributed by atoms with Crippen molar-refractivity contribution < 1.29 is 18.3 Å². The van der Waals surface area contributed by atoms with E-state index in [9.17, 15) is 13.6 Å². The third-order valence-electron chi connectivity index (χ3n) is 3.65. The van der Waals surface area contributed by atoms with Gasteiger partial charge in [-0.3, -0.25) is 9.79 Å². The Morgan fingerprint density at radius 1 is 1.07 bits per heavy atom. The second-order valence-corrected chi connectivity index (χ2v) is 6.15. The van der Waals surface area contributed by atoms with Crippen LogP contribution in [0.25, 0.3) is 0 Å². The Morgan fingerprint density at radius 3 is 2.54 bits per heavy atom. The minimum absolute atomic E-state index is 0.0783. The molecule has 3 aromatic carbocycles. The van der Waals surface area contributed by atoms with Crippen LogP contribution in [0.15, 0.2) is 71.7 Å². The van der Waals surface area contributed by atoms with Crippen LogP contribution in [0.2, 0.25) is 5.02 Å². The highest BCUT2D eigenvalue weighted by atomic mass is 35.5. The number of nitrogens with zero attached hydrogens (tertiary/aromatic N) is 1. The van der Waals surface area contributed by atoms with Gasteiger partial charge in [0.15, 0.2) is 6.61 Å². The first-order chi connectivity index (χ1) is 13.5. The molecule has 0 spiro atoms. The molecule has 4 nitrogen and oxygen atoms in total. The van der Waals surface area contributed by atoms with Crippen molar-refractivity contribution in [2.75, 3.05) is 11.9 Å². The Morgan fingerprint density at radius 2 is 1.82 bits per heavy atom. The zero-order valence-electron chi connectivity index (χ0n) is 14.5. The quantitative estimate of drug-likeness (QED) is 0.564. The van der Waals surface area contributed by atoms with Crippen molar-refractivity contribution in [3.63, 3.8) is 0 Å². The molecule has 0 saturated heterocycles. The monoisotopic (exact) mass is 400 g/mol. The third kappa shape index (κ3) is 5.37. The molecule has 142 valence electrons. The number of carbonyl (C=O) groups excluding carboxylic acids is 1. The van der Waals surface area contributed by atoms with Crippen molar-refractivity contribution >= 4 is 35.1 Å². The molecule has 0 radical (unpaired) electrons. The highest BCUT2D eigenvalue weighted by Crippen LogP contribution is 2.25. The second kappa shape index (κ2) is 9.10. The predicted octanol–water partition coefficient (Wildman–Crippen LogP) is 5.39. The summed E-state index contributed by atoms with van der Waals surface area (Å²) in [4.78, 5) is 16.1. The van der Waals surface area contributed by atoms with E-state index in [-0.39, 0.29) is 18.1 Å². The molecule has 28 heavy (non-hydrogen) atoms. The van der Waals surface area contributed by atoms with E-state index in [2.05, 4.69) is 10.3 Å². The van der Waals surface area contributed by atoms with Gasteiger partial charge >= 0.3 is 0 Å². The molecule has 0 aromatic heterocycles. The number of benzene rings is 3. The minimum atomic E-state index is -0.529. The maximum atomic E-state index is 13.5. The summed E-state index contributed by atoms with van der Waals surface area (Å²) < 4.78 is 31.8. The molecule has 0 bridgehead atoms. The van der Waals surface area contributed by atoms with Gasteiger partial charge in [0.05, 0.1) is 16.4 Å². The van der Waals surface area contributed by atoms with Gasteiger partial charge in [-0.1, -0.05) is 23.7 Å². The molecule has 0 aliphatic rings. The summed E-state index contributed by atoms with van der Waals surface area (Å²) in [5.74, 6) is -1.06. The van der Waals surface area contributed by atoms with E-state index >= 15 is 0 Å². The molecule has 0 saturated carbocycles. The number of hydrogen-bond donors (Lipinski definition) is 1. The van der Waals surface area contributed by atoms with E-state index in [4.69, 9.17) is 16.3 Å². The number of para-hydroxylation sites is 1. The highest BCUT2D eigenvalue weighted by molar-refractivity contribution is 6.32. The summed E-state index contributed by atoms with van der Waals surface area (Å²) >= 11 is 6.17. The smallest absolute Gasteiger partial charge is 0.262 e. The number of ether oxygens (including phenoxy) is 1. The third-order valence-corrected chi connectivity index (χ3v) is 3.95. The normalized spacial score (nSPS) is 10.8. The van der Waals surface area contributed by atoms with Crippen molar-refractivity contribution in [2.45, 2.75) is 0 Å². The first-order valence-electron chi connectivity index (χ1n) is 8.27. The van der Waals surface area contributed by atoms with Crippen LogP contribution in [0, 0.1) is 11.6 Å². The van der Waals surface area contributed by atoms with Gasteiger partial charge in [-0.15, -0.1) is 0 Å². The van der Waals surface area contributed by atoms with Crippen molar-refractivity contribution in [3.05, 3.63) is 89.0 Å². The van der Waals surface area contributed by atoms with Gasteiger partial charge < -0.3 is 10.1 Å². The fraction of sp³-hybridized carbons (Fsp3) is 0.0476. The molecule has 0 unspecified atom stereocenters. The lowest BCUT2D eigenvalue weighted by molar-refractivity contribution is -0.118. The molecular formula is C21H15ClF2N2O2. The molecule has 0 aliphatic carbocycles. The lowest BCUT2D eigenvalue weighted by Crippen LogP contribution is -2.20. The number of amides is 1. The SMILES string of the molecule is O=C(COc1ccc(C=Nc2ccc(F)cc2)cc1Cl)Nc1ccccc1F. The van der Waals surface area contributed by atoms with E-state index < -0.39 is 11.7 Å². The number of hydrogen-bond acceptors (Lipinski definition) is 3. The predicted molar refractivity (Wildman–Crippen MR) is 106 cm³/mol. The van der Waals surface area contributed by atoms with E-state index in [0.717, 1.165) is 0 Å². The Labute approximate surface area is 165 Å². The lowest BCUT2D eigenvalue weighted by Gasteiger charge is -2.09. The first kappa shape index (κ1) is 19.5. The number of rotatable bonds is 6. The highest BCUT2D eigenvalue weighted by Gasteiger charge is 2.09. The van der Waals surface area contributed by atoms with Gasteiger partial charge in [-0.05, 0) is 60.2 Å². The van der Waals surface area contributed by atoms with Crippen molar-refractivity contribution in [3.8, 4) is 5.75 Å². The Hall–Kier alpha value is -3.25. The average molecular weight is 401 g/mol. The molecule has 0 aliphatic heterocycles. The van der Waals surface area contributed by atoms with E-state index in [1.54, 1.807) is 42.6 Å². The molecule has 3 aromatic rings. The van der Waals surface area contributed by atoms with E-state index in [0.29, 0.717) is 22.0 Å². The fourth-order valence-corrected chi connectivity index (χ4v) is 2.53. The van der Waals surface area contributed by atoms with E-state index in [1.807, 2.05) is 0 Å². The van der Waals surface area contributed by atoms with E-state index in [1.165, 1.54) is 30.3 Å². The van der Waals surface area contributed by atoms with Crippen LogP contribution in [0.1, 0.15) is 5.56 Å². The van der Waals surface area contributed by atoms with Crippen molar-refractivity contribution in [1.29, 1.82) is 0 Å². The Kier molecular flexibility index (Phi) is 6.34. The number of halogens is 3. The van der Waals surface area contributed by atoms with Crippen LogP contribution in [-0.4, -0.2) is 18.7 Å². The zero-order valence-corrected chi connectivity index (χ0v) is 15.3. The molecule has 3 rings (SSSR count).